The van der Waals surface area contributed by atoms with E-state index >= 15 is 0 Å². The van der Waals surface area contributed by atoms with Crippen LogP contribution >= 0.6 is 0 Å². The topological polar surface area (TPSA) is 79.2 Å². The van der Waals surface area contributed by atoms with Gasteiger partial charge >= 0.3 is 5.97 Å². The molecule has 1 aromatic carbocycles. The second kappa shape index (κ2) is 7.95. The number of ether oxygens (including phenoxy) is 1. The molecule has 0 bridgehead atoms. The summed E-state index contributed by atoms with van der Waals surface area (Å²) in [7, 11) is 0. The minimum Gasteiger partial charge on any atom is -0.449 e. The van der Waals surface area contributed by atoms with E-state index in [4.69, 9.17) is 10.00 Å². The average Bonchev–Trinajstić information content (AvgIpc) is 2.43. The van der Waals surface area contributed by atoms with Crippen molar-refractivity contribution >= 4 is 11.9 Å². The number of nitriles is 1. The predicted molar refractivity (Wildman–Crippen MR) is 73.5 cm³/mol. The van der Waals surface area contributed by atoms with Gasteiger partial charge in [0.15, 0.2) is 6.61 Å². The molecule has 1 aromatic rings. The minimum atomic E-state index is -0.737. The lowest BCUT2D eigenvalue weighted by atomic mass is 10.0. The first-order valence-electron chi connectivity index (χ1n) is 6.41. The Kier molecular flexibility index (Phi) is 6.24. The fourth-order valence-electron chi connectivity index (χ4n) is 1.70. The molecule has 0 aliphatic rings. The lowest BCUT2D eigenvalue weighted by Crippen LogP contribution is -2.45. The minimum absolute atomic E-state index is 0.110. The Labute approximate surface area is 118 Å². The number of carbonyl (C=O) groups excluding carboxylic acids is 2. The molecule has 1 amide bonds. The van der Waals surface area contributed by atoms with Gasteiger partial charge in [0.25, 0.3) is 0 Å². The average molecular weight is 274 g/mol. The molecule has 5 nitrogen and oxygen atoms in total. The Morgan fingerprint density at radius 1 is 1.30 bits per heavy atom. The number of hydrogen-bond acceptors (Lipinski definition) is 4. The summed E-state index contributed by atoms with van der Waals surface area (Å²) < 4.78 is 4.75. The third-order valence-electron chi connectivity index (χ3n) is 2.72. The van der Waals surface area contributed by atoms with Gasteiger partial charge in [-0.2, -0.15) is 5.26 Å². The molecule has 1 N–H and O–H groups in total. The number of rotatable bonds is 6. The van der Waals surface area contributed by atoms with Crippen LogP contribution in [0.3, 0.4) is 0 Å². The van der Waals surface area contributed by atoms with Crippen LogP contribution in [0.2, 0.25) is 0 Å². The third-order valence-corrected chi connectivity index (χ3v) is 2.72. The second-order valence-electron chi connectivity index (χ2n) is 4.72. The van der Waals surface area contributed by atoms with E-state index in [-0.39, 0.29) is 24.9 Å². The molecule has 0 spiro atoms. The van der Waals surface area contributed by atoms with E-state index in [0.717, 1.165) is 5.56 Å². The van der Waals surface area contributed by atoms with Crippen LogP contribution in [-0.4, -0.2) is 24.5 Å². The van der Waals surface area contributed by atoms with Crippen LogP contribution in [-0.2, 0) is 20.7 Å². The van der Waals surface area contributed by atoms with E-state index in [0.29, 0.717) is 0 Å². The Morgan fingerprint density at radius 2 is 1.95 bits per heavy atom. The zero-order chi connectivity index (χ0) is 15.0. The number of esters is 1. The number of amides is 1. The van der Waals surface area contributed by atoms with E-state index in [2.05, 4.69) is 5.32 Å². The van der Waals surface area contributed by atoms with E-state index in [9.17, 15) is 9.59 Å². The molecule has 1 atom stereocenters. The number of nitrogens with one attached hydrogen (secondary N) is 1. The monoisotopic (exact) mass is 274 g/mol. The molecule has 0 heterocycles. The van der Waals surface area contributed by atoms with E-state index in [1.165, 1.54) is 0 Å². The summed E-state index contributed by atoms with van der Waals surface area (Å²) in [6.07, 6.45) is 0.204. The fourth-order valence-corrected chi connectivity index (χ4v) is 1.70. The zero-order valence-corrected chi connectivity index (χ0v) is 11.6. The summed E-state index contributed by atoms with van der Waals surface area (Å²) in [5, 5.41) is 11.0. The van der Waals surface area contributed by atoms with E-state index in [1.807, 2.05) is 30.3 Å². The van der Waals surface area contributed by atoms with Crippen molar-refractivity contribution in [3.8, 4) is 6.07 Å². The van der Waals surface area contributed by atoms with Gasteiger partial charge in [0.05, 0.1) is 6.42 Å². The first-order valence-corrected chi connectivity index (χ1v) is 6.41. The molecule has 0 aromatic heterocycles. The highest BCUT2D eigenvalue weighted by atomic mass is 16.5. The van der Waals surface area contributed by atoms with Crippen LogP contribution in [0.5, 0.6) is 0 Å². The Morgan fingerprint density at radius 3 is 2.50 bits per heavy atom. The van der Waals surface area contributed by atoms with Gasteiger partial charge in [-0.25, -0.2) is 4.79 Å². The molecule has 20 heavy (non-hydrogen) atoms. The van der Waals surface area contributed by atoms with Gasteiger partial charge in [-0.05, 0) is 11.5 Å². The van der Waals surface area contributed by atoms with Crippen LogP contribution in [0.4, 0.5) is 0 Å². The molecule has 1 rings (SSSR count). The van der Waals surface area contributed by atoms with Crippen molar-refractivity contribution in [2.24, 2.45) is 5.92 Å². The standard InChI is InChI=1S/C15H18N2O3/c1-11(2)14(15(19)20-9-8-16)17-13(18)10-12-6-4-3-5-7-12/h3-7,11,14H,9-10H2,1-2H3,(H,17,18)/t14-/m0/s1. The van der Waals surface area contributed by atoms with Crippen molar-refractivity contribution in [3.63, 3.8) is 0 Å². The highest BCUT2D eigenvalue weighted by Gasteiger charge is 2.25. The first kappa shape index (κ1) is 15.7. The van der Waals surface area contributed by atoms with Gasteiger partial charge in [-0.1, -0.05) is 44.2 Å². The Balaban J connectivity index is 2.59. The molecule has 0 saturated heterocycles. The Hall–Kier alpha value is -2.35. The van der Waals surface area contributed by atoms with E-state index < -0.39 is 12.0 Å². The number of hydrogen-bond donors (Lipinski definition) is 1. The van der Waals surface area contributed by atoms with Gasteiger partial charge in [-0.3, -0.25) is 4.79 Å². The molecule has 0 aliphatic heterocycles. The number of nitrogens with zero attached hydrogens (tertiary/aromatic N) is 1. The molecule has 0 saturated carbocycles. The van der Waals surface area contributed by atoms with Crippen molar-refractivity contribution in [1.82, 2.24) is 5.32 Å². The quantitative estimate of drug-likeness (QED) is 0.796. The SMILES string of the molecule is CC(C)[C@H](NC(=O)Cc1ccccc1)C(=O)OCC#N. The van der Waals surface area contributed by atoms with Crippen LogP contribution < -0.4 is 5.32 Å². The maximum absolute atomic E-state index is 11.9. The van der Waals surface area contributed by atoms with Crippen molar-refractivity contribution in [2.75, 3.05) is 6.61 Å². The molecule has 0 unspecified atom stereocenters. The van der Waals surface area contributed by atoms with Gasteiger partial charge in [-0.15, -0.1) is 0 Å². The van der Waals surface area contributed by atoms with Crippen molar-refractivity contribution in [3.05, 3.63) is 35.9 Å². The van der Waals surface area contributed by atoms with Crippen LogP contribution in [0.25, 0.3) is 0 Å². The normalized spacial score (nSPS) is 11.5. The highest BCUT2D eigenvalue weighted by molar-refractivity contribution is 5.85. The van der Waals surface area contributed by atoms with Crippen molar-refractivity contribution in [1.29, 1.82) is 5.26 Å². The largest absolute Gasteiger partial charge is 0.449 e. The maximum Gasteiger partial charge on any atom is 0.329 e. The highest BCUT2D eigenvalue weighted by Crippen LogP contribution is 2.06. The van der Waals surface area contributed by atoms with Crippen molar-refractivity contribution in [2.45, 2.75) is 26.3 Å². The van der Waals surface area contributed by atoms with Gasteiger partial charge in [0.2, 0.25) is 5.91 Å². The van der Waals surface area contributed by atoms with Crippen molar-refractivity contribution < 1.29 is 14.3 Å². The maximum atomic E-state index is 11.9. The summed E-state index contributed by atoms with van der Waals surface area (Å²) in [6.45, 7) is 3.30. The smallest absolute Gasteiger partial charge is 0.329 e. The summed E-state index contributed by atoms with van der Waals surface area (Å²) in [5.74, 6) is -0.937. The second-order valence-corrected chi connectivity index (χ2v) is 4.72. The molecule has 5 heteroatoms. The van der Waals surface area contributed by atoms with Gasteiger partial charge < -0.3 is 10.1 Å². The van der Waals surface area contributed by atoms with Crippen LogP contribution in [0.1, 0.15) is 19.4 Å². The van der Waals surface area contributed by atoms with Gasteiger partial charge in [0, 0.05) is 0 Å². The number of carbonyl (C=O) groups is 2. The Bertz CT molecular complexity index is 492. The lowest BCUT2D eigenvalue weighted by molar-refractivity contribution is -0.147. The summed E-state index contributed by atoms with van der Waals surface area (Å²) >= 11 is 0. The zero-order valence-electron chi connectivity index (χ0n) is 11.6. The molecular formula is C15H18N2O3. The van der Waals surface area contributed by atoms with Gasteiger partial charge in [0.1, 0.15) is 12.1 Å². The summed E-state index contributed by atoms with van der Waals surface area (Å²) in [5.41, 5.74) is 0.873. The molecule has 0 aliphatic carbocycles. The fraction of sp³-hybridized carbons (Fsp3) is 0.400. The lowest BCUT2D eigenvalue weighted by Gasteiger charge is -2.20. The summed E-state index contributed by atoms with van der Waals surface area (Å²) in [6, 6.07) is 10.3. The van der Waals surface area contributed by atoms with E-state index in [1.54, 1.807) is 19.9 Å². The van der Waals surface area contributed by atoms with Crippen LogP contribution in [0.15, 0.2) is 30.3 Å². The molecule has 106 valence electrons. The van der Waals surface area contributed by atoms with Crippen LogP contribution in [0, 0.1) is 17.2 Å². The number of benzene rings is 1. The summed E-state index contributed by atoms with van der Waals surface area (Å²) in [4.78, 5) is 23.7. The molecule has 0 fully saturated rings. The molecular weight excluding hydrogens is 256 g/mol. The third kappa shape index (κ3) is 5.11. The predicted octanol–water partition coefficient (Wildman–Crippen LogP) is 1.44. The molecule has 0 radical (unpaired) electrons. The first-order chi connectivity index (χ1) is 9.54.